The lowest BCUT2D eigenvalue weighted by molar-refractivity contribution is 0.121. The van der Waals surface area contributed by atoms with Gasteiger partial charge in [0, 0.05) is 31.8 Å². The van der Waals surface area contributed by atoms with Crippen LogP contribution in [0.5, 0.6) is 5.75 Å². The Morgan fingerprint density at radius 3 is 2.85 bits per heavy atom. The quantitative estimate of drug-likeness (QED) is 0.828. The molecular weight excluding hydrogens is 328 g/mol. The van der Waals surface area contributed by atoms with Gasteiger partial charge in [0.2, 0.25) is 0 Å². The number of nitrogens with zero attached hydrogens (tertiary/aromatic N) is 4. The SMILES string of the molecule is CO[C@H]1CCN(c2cc(C3=NCc4ccc(OC(C)C)cc43)ncn2)C1. The molecule has 0 radical (unpaired) electrons. The van der Waals surface area contributed by atoms with E-state index in [2.05, 4.69) is 27.0 Å². The van der Waals surface area contributed by atoms with E-state index < -0.39 is 0 Å². The Kier molecular flexibility index (Phi) is 4.59. The van der Waals surface area contributed by atoms with E-state index in [0.29, 0.717) is 6.54 Å². The Bertz CT molecular complexity index is 834. The van der Waals surface area contributed by atoms with Gasteiger partial charge in [-0.25, -0.2) is 9.97 Å². The van der Waals surface area contributed by atoms with Gasteiger partial charge in [0.15, 0.2) is 0 Å². The molecule has 0 saturated carbocycles. The number of anilines is 1. The molecule has 136 valence electrons. The highest BCUT2D eigenvalue weighted by molar-refractivity contribution is 6.14. The highest BCUT2D eigenvalue weighted by atomic mass is 16.5. The first-order chi connectivity index (χ1) is 12.6. The number of fused-ring (bicyclic) bond motifs is 1. The maximum atomic E-state index is 5.84. The molecule has 2 aromatic rings. The summed E-state index contributed by atoms with van der Waals surface area (Å²) in [7, 11) is 1.76. The molecule has 26 heavy (non-hydrogen) atoms. The summed E-state index contributed by atoms with van der Waals surface area (Å²) < 4.78 is 11.3. The van der Waals surface area contributed by atoms with Crippen molar-refractivity contribution >= 4 is 11.5 Å². The predicted molar refractivity (Wildman–Crippen MR) is 101 cm³/mol. The number of methoxy groups -OCH3 is 1. The second-order valence-electron chi connectivity index (χ2n) is 7.00. The molecule has 0 amide bonds. The molecule has 1 fully saturated rings. The van der Waals surface area contributed by atoms with Gasteiger partial charge in [-0.1, -0.05) is 6.07 Å². The lowest BCUT2D eigenvalue weighted by Crippen LogP contribution is -2.23. The van der Waals surface area contributed by atoms with Gasteiger partial charge in [0.1, 0.15) is 17.9 Å². The van der Waals surface area contributed by atoms with Crippen LogP contribution in [-0.2, 0) is 11.3 Å². The summed E-state index contributed by atoms with van der Waals surface area (Å²) >= 11 is 0. The lowest BCUT2D eigenvalue weighted by Gasteiger charge is -2.17. The van der Waals surface area contributed by atoms with E-state index in [1.54, 1.807) is 13.4 Å². The Balaban J connectivity index is 1.61. The lowest BCUT2D eigenvalue weighted by atomic mass is 10.0. The van der Waals surface area contributed by atoms with Gasteiger partial charge in [-0.05, 0) is 38.0 Å². The van der Waals surface area contributed by atoms with E-state index in [4.69, 9.17) is 14.5 Å². The first-order valence-electron chi connectivity index (χ1n) is 9.08. The van der Waals surface area contributed by atoms with Crippen molar-refractivity contribution in [3.8, 4) is 5.75 Å². The molecule has 0 bridgehead atoms. The average Bonchev–Trinajstić information content (AvgIpc) is 3.28. The third-order valence-electron chi connectivity index (χ3n) is 4.81. The van der Waals surface area contributed by atoms with Crippen LogP contribution >= 0.6 is 0 Å². The van der Waals surface area contributed by atoms with Crippen molar-refractivity contribution in [2.24, 2.45) is 4.99 Å². The number of hydrogen-bond donors (Lipinski definition) is 0. The fourth-order valence-corrected chi connectivity index (χ4v) is 3.51. The summed E-state index contributed by atoms with van der Waals surface area (Å²) in [6.45, 7) is 6.55. The van der Waals surface area contributed by atoms with Gasteiger partial charge in [-0.3, -0.25) is 4.99 Å². The van der Waals surface area contributed by atoms with Crippen LogP contribution in [-0.4, -0.2) is 48.1 Å². The minimum atomic E-state index is 0.143. The zero-order chi connectivity index (χ0) is 18.1. The molecule has 3 heterocycles. The summed E-state index contributed by atoms with van der Waals surface area (Å²) in [6.07, 6.45) is 3.06. The number of benzene rings is 1. The zero-order valence-corrected chi connectivity index (χ0v) is 15.5. The number of rotatable bonds is 5. The number of aliphatic imine (C=N–C) groups is 1. The zero-order valence-electron chi connectivity index (χ0n) is 15.5. The number of hydrogen-bond acceptors (Lipinski definition) is 6. The van der Waals surface area contributed by atoms with E-state index in [-0.39, 0.29) is 12.2 Å². The molecule has 2 aliphatic heterocycles. The van der Waals surface area contributed by atoms with Crippen LogP contribution in [0.15, 0.2) is 35.6 Å². The van der Waals surface area contributed by atoms with Crippen molar-refractivity contribution in [2.75, 3.05) is 25.1 Å². The van der Waals surface area contributed by atoms with Crippen molar-refractivity contribution in [3.63, 3.8) is 0 Å². The molecule has 0 N–H and O–H groups in total. The predicted octanol–water partition coefficient (Wildman–Crippen LogP) is 2.84. The largest absolute Gasteiger partial charge is 0.491 e. The Labute approximate surface area is 153 Å². The van der Waals surface area contributed by atoms with Crippen LogP contribution < -0.4 is 9.64 Å². The fourth-order valence-electron chi connectivity index (χ4n) is 3.51. The first-order valence-corrected chi connectivity index (χ1v) is 9.08. The summed E-state index contributed by atoms with van der Waals surface area (Å²) in [5.74, 6) is 1.80. The van der Waals surface area contributed by atoms with Crippen LogP contribution in [0.4, 0.5) is 5.82 Å². The van der Waals surface area contributed by atoms with E-state index in [0.717, 1.165) is 48.0 Å². The summed E-state index contributed by atoms with van der Waals surface area (Å²) in [5, 5.41) is 0. The van der Waals surface area contributed by atoms with E-state index >= 15 is 0 Å². The van der Waals surface area contributed by atoms with E-state index in [1.165, 1.54) is 5.56 Å². The van der Waals surface area contributed by atoms with Crippen LogP contribution in [0.2, 0.25) is 0 Å². The van der Waals surface area contributed by atoms with Gasteiger partial charge >= 0.3 is 0 Å². The van der Waals surface area contributed by atoms with Crippen molar-refractivity contribution < 1.29 is 9.47 Å². The van der Waals surface area contributed by atoms with Gasteiger partial charge in [0.05, 0.1) is 30.2 Å². The van der Waals surface area contributed by atoms with Crippen LogP contribution in [0.25, 0.3) is 0 Å². The maximum absolute atomic E-state index is 5.84. The number of aromatic nitrogens is 2. The second-order valence-corrected chi connectivity index (χ2v) is 7.00. The minimum Gasteiger partial charge on any atom is -0.491 e. The van der Waals surface area contributed by atoms with Gasteiger partial charge < -0.3 is 14.4 Å². The first kappa shape index (κ1) is 17.0. The van der Waals surface area contributed by atoms with Gasteiger partial charge in [-0.15, -0.1) is 0 Å². The maximum Gasteiger partial charge on any atom is 0.132 e. The molecule has 6 nitrogen and oxygen atoms in total. The van der Waals surface area contributed by atoms with E-state index in [1.807, 2.05) is 26.0 Å². The molecule has 1 aromatic heterocycles. The van der Waals surface area contributed by atoms with Crippen molar-refractivity contribution in [1.29, 1.82) is 0 Å². The fraction of sp³-hybridized carbons (Fsp3) is 0.450. The molecule has 1 aromatic carbocycles. The van der Waals surface area contributed by atoms with Crippen LogP contribution in [0, 0.1) is 0 Å². The van der Waals surface area contributed by atoms with Crippen LogP contribution in [0.1, 0.15) is 37.1 Å². The molecule has 4 rings (SSSR count). The Hall–Kier alpha value is -2.47. The summed E-state index contributed by atoms with van der Waals surface area (Å²) in [5.41, 5.74) is 4.08. The topological polar surface area (TPSA) is 59.8 Å². The third kappa shape index (κ3) is 3.29. The molecule has 0 unspecified atom stereocenters. The monoisotopic (exact) mass is 352 g/mol. The normalized spacial score (nSPS) is 19.0. The smallest absolute Gasteiger partial charge is 0.132 e. The molecular formula is C20H24N4O2. The molecule has 1 saturated heterocycles. The van der Waals surface area contributed by atoms with Crippen molar-refractivity contribution in [2.45, 2.75) is 39.0 Å². The molecule has 0 spiro atoms. The van der Waals surface area contributed by atoms with Crippen LogP contribution in [0.3, 0.4) is 0 Å². The molecule has 6 heteroatoms. The van der Waals surface area contributed by atoms with Crippen molar-refractivity contribution in [3.05, 3.63) is 47.4 Å². The van der Waals surface area contributed by atoms with Crippen molar-refractivity contribution in [1.82, 2.24) is 9.97 Å². The highest BCUT2D eigenvalue weighted by Crippen LogP contribution is 2.28. The Morgan fingerprint density at radius 2 is 2.08 bits per heavy atom. The molecule has 0 aliphatic carbocycles. The highest BCUT2D eigenvalue weighted by Gasteiger charge is 2.25. The Morgan fingerprint density at radius 1 is 1.19 bits per heavy atom. The number of ether oxygens (including phenoxy) is 2. The molecule has 2 aliphatic rings. The second kappa shape index (κ2) is 7.03. The molecule has 1 atom stereocenters. The summed E-state index contributed by atoms with van der Waals surface area (Å²) in [4.78, 5) is 15.9. The van der Waals surface area contributed by atoms with E-state index in [9.17, 15) is 0 Å². The van der Waals surface area contributed by atoms with Gasteiger partial charge in [0.25, 0.3) is 0 Å². The summed E-state index contributed by atoms with van der Waals surface area (Å²) in [6, 6.07) is 8.20. The standard InChI is InChI=1S/C20H24N4O2/c1-13(2)26-15-5-4-14-10-21-20(17(14)8-15)18-9-19(23-12-22-18)24-7-6-16(11-24)25-3/h4-5,8-9,12-13,16H,6-7,10-11H2,1-3H3/t16-/m0/s1. The van der Waals surface area contributed by atoms with Gasteiger partial charge in [-0.2, -0.15) is 0 Å². The minimum absolute atomic E-state index is 0.143. The third-order valence-corrected chi connectivity index (χ3v) is 4.81. The average molecular weight is 352 g/mol.